The van der Waals surface area contributed by atoms with Crippen LogP contribution in [0.2, 0.25) is 0 Å². The average Bonchev–Trinajstić information content (AvgIpc) is 2.15. The van der Waals surface area contributed by atoms with Gasteiger partial charge in [0, 0.05) is 23.2 Å². The third-order valence-electron chi connectivity index (χ3n) is 1.49. The normalized spacial score (nSPS) is 8.08. The summed E-state index contributed by atoms with van der Waals surface area (Å²) < 4.78 is 4.98. The standard InChI is InChI=1S/C10H8N2O/c1-8-6-9(4-3-5-11)7-12-10(8)13-2/h6-7H,1-2H3. The summed E-state index contributed by atoms with van der Waals surface area (Å²) in [5.41, 5.74) is 1.63. The van der Waals surface area contributed by atoms with E-state index in [1.54, 1.807) is 19.4 Å². The first kappa shape index (κ1) is 9.09. The molecule has 0 spiro atoms. The maximum atomic E-state index is 8.23. The molecule has 0 N–H and O–H groups in total. The van der Waals surface area contributed by atoms with Gasteiger partial charge in [-0.25, -0.2) is 4.98 Å². The van der Waals surface area contributed by atoms with Gasteiger partial charge in [-0.05, 0) is 18.9 Å². The highest BCUT2D eigenvalue weighted by Crippen LogP contribution is 2.13. The molecule has 0 atom stereocenters. The second kappa shape index (κ2) is 4.13. The number of nitriles is 1. The fourth-order valence-corrected chi connectivity index (χ4v) is 0.944. The second-order valence-electron chi connectivity index (χ2n) is 2.41. The second-order valence-corrected chi connectivity index (χ2v) is 2.41. The van der Waals surface area contributed by atoms with Gasteiger partial charge in [0.05, 0.1) is 7.11 Å². The van der Waals surface area contributed by atoms with Crippen LogP contribution in [0.25, 0.3) is 0 Å². The summed E-state index contributed by atoms with van der Waals surface area (Å²) in [6.07, 6.45) is 1.58. The molecule has 0 amide bonds. The summed E-state index contributed by atoms with van der Waals surface area (Å²) in [5, 5.41) is 8.23. The van der Waals surface area contributed by atoms with E-state index in [1.165, 1.54) is 0 Å². The van der Waals surface area contributed by atoms with E-state index in [-0.39, 0.29) is 0 Å². The van der Waals surface area contributed by atoms with E-state index in [0.29, 0.717) is 5.88 Å². The quantitative estimate of drug-likeness (QED) is 0.599. The first-order valence-electron chi connectivity index (χ1n) is 3.68. The van der Waals surface area contributed by atoms with Crippen molar-refractivity contribution in [1.82, 2.24) is 4.98 Å². The Morgan fingerprint density at radius 3 is 2.85 bits per heavy atom. The lowest BCUT2D eigenvalue weighted by Gasteiger charge is -2.01. The Balaban J connectivity index is 3.04. The number of methoxy groups -OCH3 is 1. The monoisotopic (exact) mass is 172 g/mol. The molecular formula is C10H8N2O. The summed E-state index contributed by atoms with van der Waals surface area (Å²) in [4.78, 5) is 4.02. The Bertz CT molecular complexity index is 407. The van der Waals surface area contributed by atoms with E-state index in [9.17, 15) is 0 Å². The minimum Gasteiger partial charge on any atom is -0.481 e. The van der Waals surface area contributed by atoms with Gasteiger partial charge < -0.3 is 4.74 Å². The van der Waals surface area contributed by atoms with Crippen molar-refractivity contribution in [3.8, 4) is 23.8 Å². The van der Waals surface area contributed by atoms with E-state index in [4.69, 9.17) is 10.00 Å². The Hall–Kier alpha value is -2.00. The van der Waals surface area contributed by atoms with Crippen molar-refractivity contribution in [1.29, 1.82) is 5.26 Å². The smallest absolute Gasteiger partial charge is 0.215 e. The molecule has 0 aromatic carbocycles. The highest BCUT2D eigenvalue weighted by Gasteiger charge is 1.98. The zero-order valence-corrected chi connectivity index (χ0v) is 7.46. The van der Waals surface area contributed by atoms with Crippen molar-refractivity contribution in [2.24, 2.45) is 0 Å². The third kappa shape index (κ3) is 2.21. The third-order valence-corrected chi connectivity index (χ3v) is 1.49. The number of hydrogen-bond acceptors (Lipinski definition) is 3. The molecular weight excluding hydrogens is 164 g/mol. The summed E-state index contributed by atoms with van der Waals surface area (Å²) in [7, 11) is 1.57. The number of ether oxygens (including phenoxy) is 1. The van der Waals surface area contributed by atoms with Crippen molar-refractivity contribution >= 4 is 0 Å². The van der Waals surface area contributed by atoms with Crippen LogP contribution in [-0.2, 0) is 0 Å². The van der Waals surface area contributed by atoms with Crippen molar-refractivity contribution in [2.45, 2.75) is 6.92 Å². The number of nitrogens with zero attached hydrogens (tertiary/aromatic N) is 2. The molecule has 0 aliphatic carbocycles. The predicted octanol–water partition coefficient (Wildman–Crippen LogP) is 1.27. The molecule has 0 unspecified atom stereocenters. The zero-order chi connectivity index (χ0) is 9.68. The number of rotatable bonds is 1. The van der Waals surface area contributed by atoms with Crippen molar-refractivity contribution in [2.75, 3.05) is 7.11 Å². The maximum Gasteiger partial charge on any atom is 0.215 e. The Labute approximate surface area is 77.0 Å². The van der Waals surface area contributed by atoms with E-state index in [2.05, 4.69) is 16.8 Å². The minimum atomic E-state index is 0.586. The van der Waals surface area contributed by atoms with Crippen molar-refractivity contribution < 1.29 is 4.74 Å². The molecule has 1 rings (SSSR count). The molecule has 1 aromatic heterocycles. The molecule has 0 saturated carbocycles. The zero-order valence-electron chi connectivity index (χ0n) is 7.46. The molecule has 1 aromatic rings. The number of hydrogen-bond donors (Lipinski definition) is 0. The Kier molecular flexibility index (Phi) is 2.89. The lowest BCUT2D eigenvalue weighted by Crippen LogP contribution is -1.91. The molecule has 1 heterocycles. The predicted molar refractivity (Wildman–Crippen MR) is 48.0 cm³/mol. The molecule has 13 heavy (non-hydrogen) atoms. The molecule has 3 nitrogen and oxygen atoms in total. The van der Waals surface area contributed by atoms with Gasteiger partial charge in [-0.2, -0.15) is 5.26 Å². The van der Waals surface area contributed by atoms with Crippen LogP contribution in [0.3, 0.4) is 0 Å². The molecule has 0 aliphatic heterocycles. The molecule has 0 radical (unpaired) electrons. The maximum absolute atomic E-state index is 8.23. The van der Waals surface area contributed by atoms with Crippen LogP contribution in [0.5, 0.6) is 5.88 Å². The van der Waals surface area contributed by atoms with E-state index in [1.807, 2.05) is 13.0 Å². The summed E-state index contributed by atoms with van der Waals surface area (Å²) in [6, 6.07) is 3.57. The average molecular weight is 172 g/mol. The van der Waals surface area contributed by atoms with Crippen molar-refractivity contribution in [3.63, 3.8) is 0 Å². The first-order valence-corrected chi connectivity index (χ1v) is 3.68. The topological polar surface area (TPSA) is 45.9 Å². The van der Waals surface area contributed by atoms with Crippen LogP contribution in [0.15, 0.2) is 12.3 Å². The lowest BCUT2D eigenvalue weighted by atomic mass is 10.2. The highest BCUT2D eigenvalue weighted by atomic mass is 16.5. The lowest BCUT2D eigenvalue weighted by molar-refractivity contribution is 0.394. The fraction of sp³-hybridized carbons (Fsp3) is 0.200. The van der Waals surface area contributed by atoms with Crippen LogP contribution >= 0.6 is 0 Å². The number of aryl methyl sites for hydroxylation is 1. The van der Waals surface area contributed by atoms with Crippen LogP contribution in [0, 0.1) is 30.1 Å². The molecule has 64 valence electrons. The fourth-order valence-electron chi connectivity index (χ4n) is 0.944. The minimum absolute atomic E-state index is 0.586. The molecule has 3 heteroatoms. The van der Waals surface area contributed by atoms with Crippen LogP contribution < -0.4 is 4.74 Å². The molecule has 0 saturated heterocycles. The van der Waals surface area contributed by atoms with Gasteiger partial charge >= 0.3 is 0 Å². The van der Waals surface area contributed by atoms with E-state index < -0.39 is 0 Å². The summed E-state index contributed by atoms with van der Waals surface area (Å²) >= 11 is 0. The Morgan fingerprint density at radius 2 is 2.31 bits per heavy atom. The van der Waals surface area contributed by atoms with Gasteiger partial charge in [-0.3, -0.25) is 0 Å². The van der Waals surface area contributed by atoms with Crippen LogP contribution in [0.4, 0.5) is 0 Å². The molecule has 0 aliphatic rings. The SMILES string of the molecule is COc1ncc(C#CC#N)cc1C. The summed E-state index contributed by atoms with van der Waals surface area (Å²) in [5.74, 6) is 5.55. The number of aromatic nitrogens is 1. The molecule has 0 bridgehead atoms. The summed E-state index contributed by atoms with van der Waals surface area (Å²) in [6.45, 7) is 1.88. The van der Waals surface area contributed by atoms with Gasteiger partial charge in [-0.15, -0.1) is 0 Å². The van der Waals surface area contributed by atoms with E-state index >= 15 is 0 Å². The number of pyridine rings is 1. The van der Waals surface area contributed by atoms with Gasteiger partial charge in [0.15, 0.2) is 6.07 Å². The van der Waals surface area contributed by atoms with E-state index in [0.717, 1.165) is 11.1 Å². The van der Waals surface area contributed by atoms with Gasteiger partial charge in [-0.1, -0.05) is 0 Å². The van der Waals surface area contributed by atoms with Gasteiger partial charge in [0.25, 0.3) is 0 Å². The first-order chi connectivity index (χ1) is 6.27. The van der Waals surface area contributed by atoms with Crippen LogP contribution in [-0.4, -0.2) is 12.1 Å². The van der Waals surface area contributed by atoms with Gasteiger partial charge in [0.1, 0.15) is 0 Å². The molecule has 0 fully saturated rings. The van der Waals surface area contributed by atoms with Crippen LogP contribution in [0.1, 0.15) is 11.1 Å². The highest BCUT2D eigenvalue weighted by molar-refractivity contribution is 5.40. The largest absolute Gasteiger partial charge is 0.481 e. The van der Waals surface area contributed by atoms with Gasteiger partial charge in [0.2, 0.25) is 5.88 Å². The Morgan fingerprint density at radius 1 is 1.54 bits per heavy atom. The van der Waals surface area contributed by atoms with Crippen molar-refractivity contribution in [3.05, 3.63) is 23.4 Å².